The summed E-state index contributed by atoms with van der Waals surface area (Å²) in [5.41, 5.74) is 1.48. The first-order valence-corrected chi connectivity index (χ1v) is 4.15. The van der Waals surface area contributed by atoms with E-state index >= 15 is 0 Å². The second-order valence-electron chi connectivity index (χ2n) is 2.85. The summed E-state index contributed by atoms with van der Waals surface area (Å²) in [6.07, 6.45) is 4.64. The van der Waals surface area contributed by atoms with Crippen LogP contribution in [0.25, 0.3) is 0 Å². The van der Waals surface area contributed by atoms with E-state index in [0.717, 1.165) is 10.5 Å². The number of amides is 1. The molecule has 1 N–H and O–H groups in total. The Morgan fingerprint density at radius 3 is 2.79 bits per heavy atom. The summed E-state index contributed by atoms with van der Waals surface area (Å²) in [6.45, 7) is 0. The largest absolute Gasteiger partial charge is 0.465 e. The summed E-state index contributed by atoms with van der Waals surface area (Å²) in [5.74, 6) is 2.50. The lowest BCUT2D eigenvalue weighted by atomic mass is 10.1. The van der Waals surface area contributed by atoms with Crippen LogP contribution in [-0.2, 0) is 6.42 Å². The number of hydrogen-bond donors (Lipinski definition) is 1. The summed E-state index contributed by atoms with van der Waals surface area (Å²) in [7, 11) is 1.50. The molecule has 0 heterocycles. The summed E-state index contributed by atoms with van der Waals surface area (Å²) in [6, 6.07) is 7.19. The zero-order valence-corrected chi connectivity index (χ0v) is 7.90. The van der Waals surface area contributed by atoms with Crippen molar-refractivity contribution in [1.82, 2.24) is 0 Å². The van der Waals surface area contributed by atoms with Gasteiger partial charge in [-0.3, -0.25) is 4.90 Å². The van der Waals surface area contributed by atoms with Gasteiger partial charge in [-0.25, -0.2) is 4.79 Å². The SMILES string of the molecule is C#CCc1ccccc1N(C)C(=O)O. The summed E-state index contributed by atoms with van der Waals surface area (Å²) >= 11 is 0. The Hall–Kier alpha value is -1.95. The van der Waals surface area contributed by atoms with Crippen LogP contribution in [0.5, 0.6) is 0 Å². The van der Waals surface area contributed by atoms with Crippen molar-refractivity contribution in [3.8, 4) is 12.3 Å². The molecule has 0 saturated heterocycles. The maximum atomic E-state index is 10.7. The van der Waals surface area contributed by atoms with Gasteiger partial charge in [0.2, 0.25) is 0 Å². The van der Waals surface area contributed by atoms with Gasteiger partial charge in [-0.15, -0.1) is 12.3 Å². The lowest BCUT2D eigenvalue weighted by molar-refractivity contribution is 0.203. The molecule has 0 atom stereocenters. The van der Waals surface area contributed by atoms with Gasteiger partial charge in [0.05, 0.1) is 5.69 Å². The normalized spacial score (nSPS) is 9.14. The highest BCUT2D eigenvalue weighted by atomic mass is 16.4. The number of terminal acetylenes is 1. The second-order valence-corrected chi connectivity index (χ2v) is 2.85. The summed E-state index contributed by atoms with van der Waals surface area (Å²) in [5, 5.41) is 8.80. The molecule has 0 unspecified atom stereocenters. The molecular formula is C11H11NO2. The highest BCUT2D eigenvalue weighted by Gasteiger charge is 2.11. The Bertz CT molecular complexity index is 379. The van der Waals surface area contributed by atoms with Crippen molar-refractivity contribution in [3.05, 3.63) is 29.8 Å². The molecule has 1 rings (SSSR count). The molecule has 0 saturated carbocycles. The molecule has 3 heteroatoms. The number of benzene rings is 1. The van der Waals surface area contributed by atoms with Crippen LogP contribution in [0.4, 0.5) is 10.5 Å². The van der Waals surface area contributed by atoms with Gasteiger partial charge < -0.3 is 5.11 Å². The van der Waals surface area contributed by atoms with Gasteiger partial charge in [0, 0.05) is 13.5 Å². The number of rotatable bonds is 2. The average molecular weight is 189 g/mol. The summed E-state index contributed by atoms with van der Waals surface area (Å²) in [4.78, 5) is 11.9. The Morgan fingerprint density at radius 1 is 1.57 bits per heavy atom. The van der Waals surface area contributed by atoms with Gasteiger partial charge in [-0.05, 0) is 11.6 Å². The van der Waals surface area contributed by atoms with E-state index in [1.807, 2.05) is 12.1 Å². The van der Waals surface area contributed by atoms with Crippen LogP contribution >= 0.6 is 0 Å². The Kier molecular flexibility index (Phi) is 3.14. The van der Waals surface area contributed by atoms with Crippen molar-refractivity contribution in [3.63, 3.8) is 0 Å². The number of anilines is 1. The highest BCUT2D eigenvalue weighted by molar-refractivity contribution is 5.86. The maximum Gasteiger partial charge on any atom is 0.411 e. The van der Waals surface area contributed by atoms with Crippen molar-refractivity contribution in [1.29, 1.82) is 0 Å². The average Bonchev–Trinajstić information content (AvgIpc) is 2.18. The molecule has 0 fully saturated rings. The van der Waals surface area contributed by atoms with E-state index in [2.05, 4.69) is 5.92 Å². The van der Waals surface area contributed by atoms with Crippen LogP contribution in [-0.4, -0.2) is 18.2 Å². The summed E-state index contributed by atoms with van der Waals surface area (Å²) < 4.78 is 0. The van der Waals surface area contributed by atoms with E-state index in [0.29, 0.717) is 12.1 Å². The molecule has 0 spiro atoms. The van der Waals surface area contributed by atoms with Crippen LogP contribution in [0.15, 0.2) is 24.3 Å². The molecule has 0 bridgehead atoms. The van der Waals surface area contributed by atoms with Crippen LogP contribution < -0.4 is 4.90 Å². The van der Waals surface area contributed by atoms with E-state index in [1.165, 1.54) is 7.05 Å². The van der Waals surface area contributed by atoms with Gasteiger partial charge in [0.1, 0.15) is 0 Å². The molecule has 0 aromatic heterocycles. The molecule has 72 valence electrons. The lowest BCUT2D eigenvalue weighted by Gasteiger charge is -2.16. The van der Waals surface area contributed by atoms with E-state index < -0.39 is 6.09 Å². The van der Waals surface area contributed by atoms with E-state index in [4.69, 9.17) is 11.5 Å². The first-order chi connectivity index (χ1) is 6.66. The van der Waals surface area contributed by atoms with Crippen LogP contribution in [0.3, 0.4) is 0 Å². The first kappa shape index (κ1) is 10.1. The molecule has 0 aliphatic rings. The van der Waals surface area contributed by atoms with Crippen molar-refractivity contribution in [2.45, 2.75) is 6.42 Å². The molecule has 0 aliphatic carbocycles. The first-order valence-electron chi connectivity index (χ1n) is 4.15. The number of nitrogens with zero attached hydrogens (tertiary/aromatic N) is 1. The number of carboxylic acid groups (broad SMARTS) is 1. The molecule has 1 amide bonds. The van der Waals surface area contributed by atoms with E-state index in [-0.39, 0.29) is 0 Å². The molecule has 1 aromatic rings. The third-order valence-corrected chi connectivity index (χ3v) is 1.93. The van der Waals surface area contributed by atoms with Crippen molar-refractivity contribution < 1.29 is 9.90 Å². The van der Waals surface area contributed by atoms with E-state index in [1.54, 1.807) is 12.1 Å². The van der Waals surface area contributed by atoms with Crippen LogP contribution in [0.1, 0.15) is 5.56 Å². The van der Waals surface area contributed by atoms with Crippen LogP contribution in [0, 0.1) is 12.3 Å². The molecule has 0 radical (unpaired) electrons. The number of hydrogen-bond acceptors (Lipinski definition) is 1. The fraction of sp³-hybridized carbons (Fsp3) is 0.182. The standard InChI is InChI=1S/C11H11NO2/c1-3-6-9-7-4-5-8-10(9)12(2)11(13)14/h1,4-5,7-8H,6H2,2H3,(H,13,14). The maximum absolute atomic E-state index is 10.7. The fourth-order valence-corrected chi connectivity index (χ4v) is 1.20. The highest BCUT2D eigenvalue weighted by Crippen LogP contribution is 2.19. The van der Waals surface area contributed by atoms with Gasteiger partial charge in [0.25, 0.3) is 0 Å². The quantitative estimate of drug-likeness (QED) is 0.722. The van der Waals surface area contributed by atoms with Gasteiger partial charge in [-0.2, -0.15) is 0 Å². The molecular weight excluding hydrogens is 178 g/mol. The Balaban J connectivity index is 3.07. The predicted molar refractivity (Wildman–Crippen MR) is 55.4 cm³/mol. The number of para-hydroxylation sites is 1. The Morgan fingerprint density at radius 2 is 2.21 bits per heavy atom. The fourth-order valence-electron chi connectivity index (χ4n) is 1.20. The molecule has 3 nitrogen and oxygen atoms in total. The topological polar surface area (TPSA) is 40.5 Å². The van der Waals surface area contributed by atoms with E-state index in [9.17, 15) is 4.79 Å². The van der Waals surface area contributed by atoms with Gasteiger partial charge in [0.15, 0.2) is 0 Å². The van der Waals surface area contributed by atoms with Crippen molar-refractivity contribution in [2.75, 3.05) is 11.9 Å². The second kappa shape index (κ2) is 4.33. The molecule has 14 heavy (non-hydrogen) atoms. The Labute approximate surface area is 83.0 Å². The van der Waals surface area contributed by atoms with Crippen molar-refractivity contribution >= 4 is 11.8 Å². The van der Waals surface area contributed by atoms with Gasteiger partial charge >= 0.3 is 6.09 Å². The third-order valence-electron chi connectivity index (χ3n) is 1.93. The van der Waals surface area contributed by atoms with Crippen molar-refractivity contribution in [2.24, 2.45) is 0 Å². The number of carbonyl (C=O) groups is 1. The molecule has 0 aliphatic heterocycles. The van der Waals surface area contributed by atoms with Gasteiger partial charge in [-0.1, -0.05) is 18.2 Å². The van der Waals surface area contributed by atoms with Crippen LogP contribution in [0.2, 0.25) is 0 Å². The third kappa shape index (κ3) is 2.05. The lowest BCUT2D eigenvalue weighted by Crippen LogP contribution is -2.24. The minimum atomic E-state index is -0.991. The zero-order chi connectivity index (χ0) is 10.6. The predicted octanol–water partition coefficient (Wildman–Crippen LogP) is 1.98. The minimum absolute atomic E-state index is 0.438. The molecule has 1 aromatic carbocycles. The zero-order valence-electron chi connectivity index (χ0n) is 7.90. The smallest absolute Gasteiger partial charge is 0.411 e. The monoisotopic (exact) mass is 189 g/mol. The minimum Gasteiger partial charge on any atom is -0.465 e.